The van der Waals surface area contributed by atoms with Crippen LogP contribution in [-0.4, -0.2) is 46.5 Å². The van der Waals surface area contributed by atoms with Crippen LogP contribution in [0.15, 0.2) is 0 Å². The maximum Gasteiger partial charge on any atom is 0.0692 e. The number of nitrogens with zero attached hydrogens (tertiary/aromatic N) is 1. The molecular formula is C8H17NO2. The van der Waals surface area contributed by atoms with Gasteiger partial charge in [-0.05, 0) is 13.8 Å². The van der Waals surface area contributed by atoms with Crippen molar-refractivity contribution in [2.75, 3.05) is 13.1 Å². The van der Waals surface area contributed by atoms with Gasteiger partial charge in [0.15, 0.2) is 0 Å². The Hall–Kier alpha value is -0.120. The van der Waals surface area contributed by atoms with Crippen molar-refractivity contribution in [2.45, 2.75) is 38.5 Å². The standard InChI is InChI=1S/C8H17NO2/c1-6(2)9-4-7(10)3-8(11)5-9/h6-8,10-11H,3-5H2,1-2H3/t7-,8-/m1/s1. The summed E-state index contributed by atoms with van der Waals surface area (Å²) >= 11 is 0. The van der Waals surface area contributed by atoms with Gasteiger partial charge < -0.3 is 10.2 Å². The normalized spacial score (nSPS) is 34.6. The molecule has 1 aliphatic heterocycles. The first-order valence-corrected chi connectivity index (χ1v) is 4.19. The minimum Gasteiger partial charge on any atom is -0.392 e. The zero-order chi connectivity index (χ0) is 8.43. The topological polar surface area (TPSA) is 43.7 Å². The smallest absolute Gasteiger partial charge is 0.0692 e. The molecule has 0 radical (unpaired) electrons. The number of piperidine rings is 1. The van der Waals surface area contributed by atoms with Crippen LogP contribution in [0.5, 0.6) is 0 Å². The molecule has 1 heterocycles. The van der Waals surface area contributed by atoms with Gasteiger partial charge in [0.05, 0.1) is 12.2 Å². The molecular weight excluding hydrogens is 142 g/mol. The third-order valence-electron chi connectivity index (χ3n) is 2.16. The second-order valence-corrected chi connectivity index (χ2v) is 3.59. The second kappa shape index (κ2) is 3.52. The number of aliphatic hydroxyl groups excluding tert-OH is 2. The lowest BCUT2D eigenvalue weighted by molar-refractivity contribution is -0.0192. The van der Waals surface area contributed by atoms with Crippen LogP contribution in [-0.2, 0) is 0 Å². The maximum atomic E-state index is 9.30. The minimum absolute atomic E-state index is 0.346. The molecule has 1 aliphatic rings. The summed E-state index contributed by atoms with van der Waals surface area (Å²) in [6.45, 7) is 5.55. The van der Waals surface area contributed by atoms with Crippen molar-refractivity contribution in [1.82, 2.24) is 4.90 Å². The number of likely N-dealkylation sites (tertiary alicyclic amines) is 1. The van der Waals surface area contributed by atoms with Crippen molar-refractivity contribution in [3.63, 3.8) is 0 Å². The molecule has 3 nitrogen and oxygen atoms in total. The van der Waals surface area contributed by atoms with Gasteiger partial charge in [0.2, 0.25) is 0 Å². The third-order valence-corrected chi connectivity index (χ3v) is 2.16. The van der Waals surface area contributed by atoms with Crippen LogP contribution in [0.2, 0.25) is 0 Å². The molecule has 0 aromatic heterocycles. The van der Waals surface area contributed by atoms with E-state index in [4.69, 9.17) is 0 Å². The van der Waals surface area contributed by atoms with E-state index in [0.717, 1.165) is 0 Å². The number of aliphatic hydroxyl groups is 2. The van der Waals surface area contributed by atoms with Crippen LogP contribution in [0.25, 0.3) is 0 Å². The summed E-state index contributed by atoms with van der Waals surface area (Å²) in [5, 5.41) is 18.6. The fourth-order valence-electron chi connectivity index (χ4n) is 1.50. The highest BCUT2D eigenvalue weighted by molar-refractivity contribution is 4.79. The zero-order valence-corrected chi connectivity index (χ0v) is 7.20. The lowest BCUT2D eigenvalue weighted by Crippen LogP contribution is -2.48. The SMILES string of the molecule is CC(C)N1C[C@H](O)C[C@@H](O)C1. The molecule has 11 heavy (non-hydrogen) atoms. The Labute approximate surface area is 67.6 Å². The molecule has 2 N–H and O–H groups in total. The van der Waals surface area contributed by atoms with Crippen LogP contribution in [0, 0.1) is 0 Å². The molecule has 1 fully saturated rings. The third kappa shape index (κ3) is 2.43. The van der Waals surface area contributed by atoms with Crippen molar-refractivity contribution in [2.24, 2.45) is 0 Å². The van der Waals surface area contributed by atoms with Gasteiger partial charge in [-0.2, -0.15) is 0 Å². The van der Waals surface area contributed by atoms with Crippen molar-refractivity contribution >= 4 is 0 Å². The highest BCUT2D eigenvalue weighted by Gasteiger charge is 2.25. The highest BCUT2D eigenvalue weighted by atomic mass is 16.3. The van der Waals surface area contributed by atoms with Gasteiger partial charge in [0, 0.05) is 25.6 Å². The Morgan fingerprint density at radius 3 is 2.00 bits per heavy atom. The van der Waals surface area contributed by atoms with Crippen molar-refractivity contribution in [3.05, 3.63) is 0 Å². The molecule has 0 aromatic carbocycles. The molecule has 2 atom stereocenters. The Morgan fingerprint density at radius 2 is 1.64 bits per heavy atom. The summed E-state index contributed by atoms with van der Waals surface area (Å²) in [5.74, 6) is 0. The van der Waals surface area contributed by atoms with Crippen LogP contribution in [0.1, 0.15) is 20.3 Å². The molecule has 0 aromatic rings. The van der Waals surface area contributed by atoms with Gasteiger partial charge in [-0.3, -0.25) is 4.90 Å². The average molecular weight is 159 g/mol. The van der Waals surface area contributed by atoms with Gasteiger partial charge in [0.1, 0.15) is 0 Å². The first kappa shape index (κ1) is 8.97. The van der Waals surface area contributed by atoms with Crippen molar-refractivity contribution in [3.8, 4) is 0 Å². The predicted molar refractivity (Wildman–Crippen MR) is 43.3 cm³/mol. The molecule has 1 rings (SSSR count). The maximum absolute atomic E-state index is 9.30. The van der Waals surface area contributed by atoms with Crippen molar-refractivity contribution in [1.29, 1.82) is 0 Å². The average Bonchev–Trinajstić information content (AvgIpc) is 1.85. The van der Waals surface area contributed by atoms with Gasteiger partial charge in [0.25, 0.3) is 0 Å². The monoisotopic (exact) mass is 159 g/mol. The van der Waals surface area contributed by atoms with Gasteiger partial charge in [-0.15, -0.1) is 0 Å². The van der Waals surface area contributed by atoms with Gasteiger partial charge in [-0.1, -0.05) is 0 Å². The number of β-amino-alcohol motifs (C(OH)–C–C–N with tert-alkyl or cyclic N) is 2. The van der Waals surface area contributed by atoms with E-state index in [-0.39, 0.29) is 12.2 Å². The van der Waals surface area contributed by atoms with Crippen LogP contribution in [0.3, 0.4) is 0 Å². The Balaban J connectivity index is 2.43. The predicted octanol–water partition coefficient (Wildman–Crippen LogP) is -0.178. The van der Waals surface area contributed by atoms with Gasteiger partial charge in [-0.25, -0.2) is 0 Å². The van der Waals surface area contributed by atoms with E-state index >= 15 is 0 Å². The fraction of sp³-hybridized carbons (Fsp3) is 1.00. The van der Waals surface area contributed by atoms with Crippen LogP contribution >= 0.6 is 0 Å². The quantitative estimate of drug-likeness (QED) is 0.558. The first-order chi connectivity index (χ1) is 5.09. The largest absolute Gasteiger partial charge is 0.392 e. The van der Waals surface area contributed by atoms with Crippen molar-refractivity contribution < 1.29 is 10.2 Å². The second-order valence-electron chi connectivity index (χ2n) is 3.59. The van der Waals surface area contributed by atoms with E-state index in [2.05, 4.69) is 18.7 Å². The summed E-state index contributed by atoms with van der Waals surface area (Å²) in [5.41, 5.74) is 0. The van der Waals surface area contributed by atoms with E-state index in [1.807, 2.05) is 0 Å². The van der Waals surface area contributed by atoms with Gasteiger partial charge >= 0.3 is 0 Å². The molecule has 0 amide bonds. The molecule has 66 valence electrons. The minimum atomic E-state index is -0.346. The molecule has 0 unspecified atom stereocenters. The van der Waals surface area contributed by atoms with E-state index in [1.54, 1.807) is 0 Å². The number of rotatable bonds is 1. The highest BCUT2D eigenvalue weighted by Crippen LogP contribution is 2.12. The molecule has 0 saturated carbocycles. The number of hydrogen-bond acceptors (Lipinski definition) is 3. The summed E-state index contributed by atoms with van der Waals surface area (Å²) in [6, 6.07) is 0.416. The molecule has 0 spiro atoms. The fourth-order valence-corrected chi connectivity index (χ4v) is 1.50. The van der Waals surface area contributed by atoms with E-state index in [1.165, 1.54) is 0 Å². The summed E-state index contributed by atoms with van der Waals surface area (Å²) in [7, 11) is 0. The Bertz CT molecular complexity index is 117. The van der Waals surface area contributed by atoms with E-state index < -0.39 is 0 Å². The molecule has 0 aliphatic carbocycles. The molecule has 0 bridgehead atoms. The molecule has 3 heteroatoms. The summed E-state index contributed by atoms with van der Waals surface area (Å²) in [4.78, 5) is 2.10. The van der Waals surface area contributed by atoms with E-state index in [9.17, 15) is 10.2 Å². The van der Waals surface area contributed by atoms with E-state index in [0.29, 0.717) is 25.6 Å². The Kier molecular flexibility index (Phi) is 2.87. The summed E-state index contributed by atoms with van der Waals surface area (Å²) in [6.07, 6.45) is -0.161. The Morgan fingerprint density at radius 1 is 1.18 bits per heavy atom. The first-order valence-electron chi connectivity index (χ1n) is 4.19. The zero-order valence-electron chi connectivity index (χ0n) is 7.20. The number of hydrogen-bond donors (Lipinski definition) is 2. The summed E-state index contributed by atoms with van der Waals surface area (Å²) < 4.78 is 0. The van der Waals surface area contributed by atoms with Crippen LogP contribution < -0.4 is 0 Å². The lowest BCUT2D eigenvalue weighted by Gasteiger charge is -2.35. The molecule has 1 saturated heterocycles. The van der Waals surface area contributed by atoms with Crippen LogP contribution in [0.4, 0.5) is 0 Å². The lowest BCUT2D eigenvalue weighted by atomic mass is 10.0.